The molecule has 0 spiro atoms. The summed E-state index contributed by atoms with van der Waals surface area (Å²) in [5, 5.41) is 48.7. The molecule has 14 nitrogen and oxygen atoms in total. The van der Waals surface area contributed by atoms with E-state index in [1.807, 2.05) is 27.7 Å². The van der Waals surface area contributed by atoms with Crippen LogP contribution in [0.4, 0.5) is 34.1 Å². The summed E-state index contributed by atoms with van der Waals surface area (Å²) in [5.74, 6) is 0. The number of nitrogens with zero attached hydrogens (tertiary/aromatic N) is 10. The van der Waals surface area contributed by atoms with E-state index in [0.717, 1.165) is 95.4 Å². The standard InChI is InChI=1S/5C14H23NP.C11H16NP.2C4H8O.2C4H10O.2Co.2N2.2Ti/c5*1-10(2)16(11(3)4)15-14-8-12(5)7-13(6)9-14;1-8(2)13-12-11-6-9(3)5-10(4)7-11;2*1-2-4-5-3-1;2*1-3-5-4-2;;;2*1-2;;/h5*7-11H,1-6H3;5-8H,1-4H3;2*1-4H2;2*3-4H2,1-2H3;;;;;;/q5*-1;;;;;;;+2;;;;. The molecule has 0 unspecified atom stereocenters. The van der Waals surface area contributed by atoms with E-state index in [2.05, 4.69) is 349 Å². The zero-order valence-electron chi connectivity index (χ0n) is 82.7. The fourth-order valence-corrected chi connectivity index (χ4v) is 23.1. The Kier molecular flexibility index (Phi) is 89.8. The van der Waals surface area contributed by atoms with Gasteiger partial charge in [-0.25, -0.2) is 4.74 Å². The van der Waals surface area contributed by atoms with Crippen molar-refractivity contribution in [3.05, 3.63) is 201 Å². The second kappa shape index (κ2) is 81.0. The SMILES string of the molecule is C1CCOC1.C1CCOC1.CCOCC.CCOCC.Cc1cc(C)cc(N=PC(C)C)c1.Cc1cc(C)cc([N-]P(C(C)C)C(C)C)c1.Cc1cc(C)cc([N-]P(C(C)C)C(C)C)c1.Cc1cc(C)cc([N-]P(C(C)C)C(C)C)c1.Cc1cc(C)cc([N-]P(C(C)C)C(C)C)c1.Cc1cc(C)cc([N-]P(C(C)C)C(C)C)c1.N#N.N#N.[Co+2].[Co].[Ti].[Ti]. The van der Waals surface area contributed by atoms with Crippen LogP contribution in [0.1, 0.15) is 272 Å². The van der Waals surface area contributed by atoms with Gasteiger partial charge in [-0.1, -0.05) is 305 Å². The molecule has 2 saturated heterocycles. The molecule has 0 aliphatic carbocycles. The largest absolute Gasteiger partial charge is 2.00 e. The first-order chi connectivity index (χ1) is 54.9. The maximum atomic E-state index is 6.00. The number of ether oxygens (including phenoxy) is 4. The molecular weight excluding hydrogens is 1770 g/mol. The van der Waals surface area contributed by atoms with Gasteiger partial charge in [0.05, 0.1) is 5.69 Å². The Hall–Kier alpha value is -2.31. The van der Waals surface area contributed by atoms with Crippen molar-refractivity contribution in [3.8, 4) is 0 Å². The summed E-state index contributed by atoms with van der Waals surface area (Å²) >= 11 is 0. The van der Waals surface area contributed by atoms with E-state index in [1.54, 1.807) is 0 Å². The Morgan fingerprint density at radius 2 is 0.430 bits per heavy atom. The average Bonchev–Trinajstić information content (AvgIpc) is 0.930. The van der Waals surface area contributed by atoms with Crippen LogP contribution in [-0.4, -0.2) is 115 Å². The van der Waals surface area contributed by atoms with Gasteiger partial charge >= 0.3 is 16.8 Å². The number of hydrogen-bond acceptors (Lipinski definition) is 9. The van der Waals surface area contributed by atoms with Crippen LogP contribution in [-0.2, 0) is 95.9 Å². The van der Waals surface area contributed by atoms with Gasteiger partial charge in [0.15, 0.2) is 0 Å². The first-order valence-corrected chi connectivity index (χ1v) is 51.1. The van der Waals surface area contributed by atoms with Crippen LogP contribution in [0.15, 0.2) is 114 Å². The summed E-state index contributed by atoms with van der Waals surface area (Å²) in [5.41, 5.74) is 29.8. The molecule has 0 aromatic heterocycles. The number of aryl methyl sites for hydroxylation is 12. The fraction of sp³-hybridized carbons (Fsp3) is 0.629. The molecule has 2 aliphatic heterocycles. The van der Waals surface area contributed by atoms with Gasteiger partial charge in [-0.2, -0.15) is 40.4 Å². The van der Waals surface area contributed by atoms with E-state index in [4.69, 9.17) is 66.0 Å². The minimum Gasteiger partial charge on any atom is -0.660 e. The fourth-order valence-electron chi connectivity index (χ4n) is 12.5. The van der Waals surface area contributed by atoms with Crippen molar-refractivity contribution in [2.24, 2.45) is 4.74 Å². The molecule has 0 N–H and O–H groups in total. The van der Waals surface area contributed by atoms with Gasteiger partial charge in [-0.05, 0) is 216 Å². The van der Waals surface area contributed by atoms with Crippen molar-refractivity contribution in [3.63, 3.8) is 0 Å². The van der Waals surface area contributed by atoms with Gasteiger partial charge in [0.2, 0.25) is 0 Å². The molecule has 2 heterocycles. The molecule has 24 heteroatoms. The molecule has 688 valence electrons. The Bertz CT molecular complexity index is 2960. The molecule has 2 aliphatic rings. The van der Waals surface area contributed by atoms with Gasteiger partial charge < -0.3 is 44.4 Å². The molecule has 0 atom stereocenters. The summed E-state index contributed by atoms with van der Waals surface area (Å²) in [7, 11) is -0.118. The summed E-state index contributed by atoms with van der Waals surface area (Å²) in [4.78, 5) is 0. The maximum absolute atomic E-state index is 6.00. The minimum absolute atomic E-state index is 0. The summed E-state index contributed by atoms with van der Waals surface area (Å²) in [6.45, 7) is 90.8. The number of rotatable bonds is 26. The maximum Gasteiger partial charge on any atom is 2.00 e. The van der Waals surface area contributed by atoms with Crippen LogP contribution < -0.4 is 0 Å². The normalized spacial score (nSPS) is 11.6. The van der Waals surface area contributed by atoms with E-state index >= 15 is 0 Å². The Balaban J connectivity index is -0.000000199. The van der Waals surface area contributed by atoms with Gasteiger partial charge in [-0.15, -0.1) is 28.4 Å². The van der Waals surface area contributed by atoms with Crippen molar-refractivity contribution in [1.82, 2.24) is 0 Å². The quantitative estimate of drug-likeness (QED) is 0.0288. The van der Waals surface area contributed by atoms with E-state index in [9.17, 15) is 0 Å². The van der Waals surface area contributed by atoms with E-state index in [-0.39, 0.29) is 117 Å². The third-order valence-corrected chi connectivity index (χ3v) is 30.3. The van der Waals surface area contributed by atoms with E-state index < -0.39 is 0 Å². The second-order valence-electron chi connectivity index (χ2n) is 32.9. The Morgan fingerprint density at radius 3 is 0.529 bits per heavy atom. The molecule has 0 bridgehead atoms. The molecule has 8 rings (SSSR count). The average molecular weight is 1940 g/mol. The van der Waals surface area contributed by atoms with Crippen LogP contribution in [0.5, 0.6) is 0 Å². The van der Waals surface area contributed by atoms with Crippen LogP contribution >= 0.6 is 48.7 Å². The van der Waals surface area contributed by atoms with Crippen molar-refractivity contribution in [1.29, 1.82) is 21.6 Å². The third kappa shape index (κ3) is 71.2. The van der Waals surface area contributed by atoms with Crippen LogP contribution in [0.25, 0.3) is 25.4 Å². The van der Waals surface area contributed by atoms with Crippen LogP contribution in [0.3, 0.4) is 0 Å². The first-order valence-electron chi connectivity index (χ1n) is 43.0. The summed E-state index contributed by atoms with van der Waals surface area (Å²) in [6, 6.07) is 39.3. The van der Waals surface area contributed by atoms with E-state index in [1.165, 1.54) is 92.4 Å². The smallest absolute Gasteiger partial charge is 0.660 e. The molecule has 2 radical (unpaired) electrons. The van der Waals surface area contributed by atoms with Crippen LogP contribution in [0.2, 0.25) is 0 Å². The molecule has 0 amide bonds. The van der Waals surface area contributed by atoms with Crippen molar-refractivity contribution < 1.29 is 95.9 Å². The molecule has 6 aromatic carbocycles. The molecule has 6 aromatic rings. The number of benzene rings is 6. The van der Waals surface area contributed by atoms with Gasteiger partial charge in [0.25, 0.3) is 0 Å². The topological polar surface area (TPSA) is 215 Å². The molecule has 0 saturated carbocycles. The van der Waals surface area contributed by atoms with Gasteiger partial charge in [0.1, 0.15) is 0 Å². The Morgan fingerprint density at radius 1 is 0.289 bits per heavy atom. The number of hydrogen-bond donors (Lipinski definition) is 0. The van der Waals surface area contributed by atoms with Crippen molar-refractivity contribution in [2.75, 3.05) is 52.9 Å². The predicted octanol–water partition coefficient (Wildman–Crippen LogP) is 35.8. The molecular formula is C97H167Co2N10O4P6Ti2-3. The predicted molar refractivity (Wildman–Crippen MR) is 532 cm³/mol. The summed E-state index contributed by atoms with van der Waals surface area (Å²) < 4.78 is 24.1. The Labute approximate surface area is 803 Å². The monoisotopic (exact) mass is 1940 g/mol. The zero-order chi connectivity index (χ0) is 90.6. The van der Waals surface area contributed by atoms with Gasteiger partial charge in [0, 0.05) is 149 Å². The molecule has 121 heavy (non-hydrogen) atoms. The van der Waals surface area contributed by atoms with Crippen LogP contribution in [0, 0.1) is 105 Å². The van der Waals surface area contributed by atoms with E-state index in [0.29, 0.717) is 62.2 Å². The summed E-state index contributed by atoms with van der Waals surface area (Å²) in [6.07, 6.45) is 5.11. The van der Waals surface area contributed by atoms with Gasteiger partial charge in [-0.3, -0.25) is 0 Å². The minimum atomic E-state index is -0.255. The second-order valence-corrected chi connectivity index (χ2v) is 49.5. The molecule has 2 fully saturated rings. The van der Waals surface area contributed by atoms with Crippen molar-refractivity contribution >= 4 is 82.9 Å². The first kappa shape index (κ1) is 134. The zero-order valence-corrected chi connectivity index (χ0v) is 93.3. The van der Waals surface area contributed by atoms with Crippen molar-refractivity contribution in [2.45, 2.75) is 351 Å². The third-order valence-electron chi connectivity index (χ3n) is 16.6.